The van der Waals surface area contributed by atoms with E-state index in [0.29, 0.717) is 20.5 Å². The molecule has 21 heavy (non-hydrogen) atoms. The Morgan fingerprint density at radius 3 is 2.62 bits per heavy atom. The molecule has 1 aromatic heterocycles. The van der Waals surface area contributed by atoms with Crippen LogP contribution in [0.1, 0.15) is 0 Å². The van der Waals surface area contributed by atoms with Crippen LogP contribution in [0.25, 0.3) is 11.5 Å². The standard InChI is InChI=1S/C14H7Cl2FN2OS/c15-8-5-6-9(10(16)7-8)13-18-19-14(20-13)21-12-4-2-1-3-11(12)17/h1-7H. The number of hydrogen-bond acceptors (Lipinski definition) is 4. The molecule has 2 aromatic carbocycles. The normalized spacial score (nSPS) is 10.8. The zero-order valence-corrected chi connectivity index (χ0v) is 12.7. The lowest BCUT2D eigenvalue weighted by atomic mass is 10.2. The van der Waals surface area contributed by atoms with Crippen molar-refractivity contribution < 1.29 is 8.81 Å². The zero-order chi connectivity index (χ0) is 14.8. The minimum absolute atomic E-state index is 0.237. The molecular formula is C14H7Cl2FN2OS. The van der Waals surface area contributed by atoms with E-state index in [2.05, 4.69) is 10.2 Å². The van der Waals surface area contributed by atoms with Crippen LogP contribution in [0, 0.1) is 5.82 Å². The second kappa shape index (κ2) is 6.05. The fourth-order valence-electron chi connectivity index (χ4n) is 1.64. The van der Waals surface area contributed by atoms with Crippen molar-refractivity contribution >= 4 is 35.0 Å². The molecule has 1 heterocycles. The van der Waals surface area contributed by atoms with Gasteiger partial charge < -0.3 is 4.42 Å². The van der Waals surface area contributed by atoms with E-state index in [0.717, 1.165) is 11.8 Å². The summed E-state index contributed by atoms with van der Waals surface area (Å²) in [6.45, 7) is 0. The van der Waals surface area contributed by atoms with Gasteiger partial charge in [-0.15, -0.1) is 10.2 Å². The lowest BCUT2D eigenvalue weighted by Crippen LogP contribution is -1.79. The maximum atomic E-state index is 13.6. The molecule has 0 radical (unpaired) electrons. The van der Waals surface area contributed by atoms with Gasteiger partial charge in [-0.25, -0.2) is 4.39 Å². The Morgan fingerprint density at radius 2 is 1.86 bits per heavy atom. The van der Waals surface area contributed by atoms with Gasteiger partial charge in [0.1, 0.15) is 5.82 Å². The minimum atomic E-state index is -0.341. The van der Waals surface area contributed by atoms with Crippen molar-refractivity contribution in [2.24, 2.45) is 0 Å². The lowest BCUT2D eigenvalue weighted by Gasteiger charge is -1.99. The molecule has 0 bridgehead atoms. The second-order valence-electron chi connectivity index (χ2n) is 4.03. The molecule has 0 atom stereocenters. The van der Waals surface area contributed by atoms with Crippen molar-refractivity contribution in [1.82, 2.24) is 10.2 Å². The van der Waals surface area contributed by atoms with E-state index in [9.17, 15) is 4.39 Å². The highest BCUT2D eigenvalue weighted by molar-refractivity contribution is 7.99. The predicted octanol–water partition coefficient (Wildman–Crippen LogP) is 5.33. The third kappa shape index (κ3) is 3.20. The van der Waals surface area contributed by atoms with Gasteiger partial charge in [-0.2, -0.15) is 0 Å². The number of nitrogens with zero attached hydrogens (tertiary/aromatic N) is 2. The van der Waals surface area contributed by atoms with Crippen molar-refractivity contribution in [1.29, 1.82) is 0 Å². The molecule has 0 N–H and O–H groups in total. The first kappa shape index (κ1) is 14.4. The molecule has 0 amide bonds. The first-order chi connectivity index (χ1) is 10.1. The number of halogens is 3. The summed E-state index contributed by atoms with van der Waals surface area (Å²) in [6.07, 6.45) is 0. The molecule has 0 aliphatic carbocycles. The SMILES string of the molecule is Fc1ccccc1Sc1nnc(-c2ccc(Cl)cc2Cl)o1. The molecule has 7 heteroatoms. The molecule has 0 saturated carbocycles. The number of hydrogen-bond donors (Lipinski definition) is 0. The van der Waals surface area contributed by atoms with Gasteiger partial charge in [-0.05, 0) is 42.1 Å². The van der Waals surface area contributed by atoms with Gasteiger partial charge in [0, 0.05) is 5.02 Å². The van der Waals surface area contributed by atoms with Crippen LogP contribution in [-0.2, 0) is 0 Å². The zero-order valence-electron chi connectivity index (χ0n) is 10.4. The molecular weight excluding hydrogens is 334 g/mol. The molecule has 0 fully saturated rings. The lowest BCUT2D eigenvalue weighted by molar-refractivity contribution is 0.465. The number of benzene rings is 2. The quantitative estimate of drug-likeness (QED) is 0.645. The Morgan fingerprint density at radius 1 is 1.05 bits per heavy atom. The van der Waals surface area contributed by atoms with Crippen LogP contribution in [0.15, 0.2) is 57.0 Å². The Kier molecular flexibility index (Phi) is 4.14. The van der Waals surface area contributed by atoms with Gasteiger partial charge in [-0.3, -0.25) is 0 Å². The fourth-order valence-corrected chi connectivity index (χ4v) is 2.84. The van der Waals surface area contributed by atoms with Crippen molar-refractivity contribution in [3.63, 3.8) is 0 Å². The Labute approximate surface area is 134 Å². The van der Waals surface area contributed by atoms with Crippen LogP contribution in [0.3, 0.4) is 0 Å². The van der Waals surface area contributed by atoms with Crippen LogP contribution in [0.5, 0.6) is 0 Å². The topological polar surface area (TPSA) is 38.9 Å². The summed E-state index contributed by atoms with van der Waals surface area (Å²) in [6, 6.07) is 11.3. The van der Waals surface area contributed by atoms with Gasteiger partial charge in [0.05, 0.1) is 15.5 Å². The van der Waals surface area contributed by atoms with E-state index >= 15 is 0 Å². The molecule has 106 valence electrons. The summed E-state index contributed by atoms with van der Waals surface area (Å²) in [5.41, 5.74) is 0.578. The predicted molar refractivity (Wildman–Crippen MR) is 80.3 cm³/mol. The van der Waals surface area contributed by atoms with Crippen molar-refractivity contribution in [2.75, 3.05) is 0 Å². The molecule has 3 nitrogen and oxygen atoms in total. The summed E-state index contributed by atoms with van der Waals surface area (Å²) in [5, 5.41) is 8.96. The Hall–Kier alpha value is -1.56. The number of aromatic nitrogens is 2. The molecule has 0 spiro atoms. The Balaban J connectivity index is 1.88. The van der Waals surface area contributed by atoms with Gasteiger partial charge in [0.15, 0.2) is 0 Å². The van der Waals surface area contributed by atoms with Gasteiger partial charge >= 0.3 is 0 Å². The molecule has 0 saturated heterocycles. The van der Waals surface area contributed by atoms with Crippen molar-refractivity contribution in [3.8, 4) is 11.5 Å². The first-order valence-corrected chi connectivity index (χ1v) is 7.42. The average Bonchev–Trinajstić information content (AvgIpc) is 2.90. The summed E-state index contributed by atoms with van der Waals surface area (Å²) >= 11 is 13.0. The monoisotopic (exact) mass is 340 g/mol. The van der Waals surface area contributed by atoms with Crippen molar-refractivity contribution in [2.45, 2.75) is 10.1 Å². The molecule has 3 aromatic rings. The highest BCUT2D eigenvalue weighted by atomic mass is 35.5. The fraction of sp³-hybridized carbons (Fsp3) is 0. The van der Waals surface area contributed by atoms with Gasteiger partial charge in [-0.1, -0.05) is 35.3 Å². The first-order valence-electron chi connectivity index (χ1n) is 5.85. The molecule has 0 aliphatic heterocycles. The van der Waals surface area contributed by atoms with E-state index in [1.165, 1.54) is 6.07 Å². The second-order valence-corrected chi connectivity index (χ2v) is 5.87. The summed E-state index contributed by atoms with van der Waals surface area (Å²) in [7, 11) is 0. The van der Waals surface area contributed by atoms with Gasteiger partial charge in [0.25, 0.3) is 5.22 Å². The van der Waals surface area contributed by atoms with Gasteiger partial charge in [0.2, 0.25) is 5.89 Å². The smallest absolute Gasteiger partial charge is 0.281 e. The maximum Gasteiger partial charge on any atom is 0.281 e. The van der Waals surface area contributed by atoms with Crippen LogP contribution in [0.4, 0.5) is 4.39 Å². The highest BCUT2D eigenvalue weighted by Crippen LogP contribution is 2.33. The van der Waals surface area contributed by atoms with E-state index < -0.39 is 0 Å². The molecule has 3 rings (SSSR count). The third-order valence-corrected chi connectivity index (χ3v) is 4.04. The number of rotatable bonds is 3. The van der Waals surface area contributed by atoms with Crippen LogP contribution < -0.4 is 0 Å². The van der Waals surface area contributed by atoms with E-state index in [1.807, 2.05) is 0 Å². The van der Waals surface area contributed by atoms with E-state index in [-0.39, 0.29) is 16.9 Å². The van der Waals surface area contributed by atoms with E-state index in [1.54, 1.807) is 36.4 Å². The highest BCUT2D eigenvalue weighted by Gasteiger charge is 2.14. The summed E-state index contributed by atoms with van der Waals surface area (Å²) in [5.74, 6) is -0.0812. The minimum Gasteiger partial charge on any atom is -0.411 e. The third-order valence-electron chi connectivity index (χ3n) is 2.60. The van der Waals surface area contributed by atoms with Crippen LogP contribution in [-0.4, -0.2) is 10.2 Å². The Bertz CT molecular complexity index is 794. The molecule has 0 unspecified atom stereocenters. The van der Waals surface area contributed by atoms with Crippen LogP contribution in [0.2, 0.25) is 10.0 Å². The van der Waals surface area contributed by atoms with Crippen molar-refractivity contribution in [3.05, 3.63) is 58.3 Å². The van der Waals surface area contributed by atoms with Crippen LogP contribution >= 0.6 is 35.0 Å². The average molecular weight is 341 g/mol. The molecule has 0 aliphatic rings. The largest absolute Gasteiger partial charge is 0.411 e. The summed E-state index contributed by atoms with van der Waals surface area (Å²) in [4.78, 5) is 0.412. The maximum absolute atomic E-state index is 13.6. The summed E-state index contributed by atoms with van der Waals surface area (Å²) < 4.78 is 19.1. The van der Waals surface area contributed by atoms with E-state index in [4.69, 9.17) is 27.6 Å².